The van der Waals surface area contributed by atoms with Crippen molar-refractivity contribution in [3.63, 3.8) is 0 Å². The molecule has 27 valence electrons. The highest BCUT2D eigenvalue weighted by Crippen LogP contribution is 0.144. The maximum atomic E-state index is 0. The maximum absolute atomic E-state index is 0. The Morgan fingerprint density at radius 1 is 0.750 bits per heavy atom. The second-order valence-corrected chi connectivity index (χ2v) is 0. The molecule has 4 N–H and O–H groups in total. The lowest BCUT2D eigenvalue weighted by atomic mass is 12.0. The van der Waals surface area contributed by atoms with Crippen LogP contribution in [0.4, 0.5) is 0 Å². The van der Waals surface area contributed by atoms with Gasteiger partial charge in [0, 0.05) is 17.4 Å². The van der Waals surface area contributed by atoms with Crippen molar-refractivity contribution in [2.45, 2.75) is 7.43 Å². The Morgan fingerprint density at radius 2 is 0.750 bits per heavy atom. The Labute approximate surface area is 36.6 Å². The molecule has 4 heavy (non-hydrogen) atoms. The molecular formula is CH8AlO2. The molecule has 0 bridgehead atoms. The molecule has 0 aromatic rings. The van der Waals surface area contributed by atoms with E-state index in [0.717, 1.165) is 0 Å². The summed E-state index contributed by atoms with van der Waals surface area (Å²) >= 11 is 0. The average Bonchev–Trinajstić information content (AvgIpc) is 0. The number of rotatable bonds is 0. The minimum absolute atomic E-state index is 0. The van der Waals surface area contributed by atoms with Crippen molar-refractivity contribution < 1.29 is 11.0 Å². The zero-order valence-electron chi connectivity index (χ0n) is 1.58. The molecule has 0 spiro atoms. The Bertz CT molecular complexity index is 6.00. The molecule has 0 saturated carbocycles. The topological polar surface area (TPSA) is 63.0 Å². The van der Waals surface area contributed by atoms with E-state index in [9.17, 15) is 0 Å². The molecule has 0 aliphatic carbocycles. The van der Waals surface area contributed by atoms with E-state index in [1.54, 1.807) is 0 Å². The molecule has 0 aliphatic heterocycles. The average molecular weight is 79.1 g/mol. The lowest BCUT2D eigenvalue weighted by Gasteiger charge is -0.413. The van der Waals surface area contributed by atoms with Crippen LogP contribution in [-0.4, -0.2) is 28.3 Å². The van der Waals surface area contributed by atoms with Crippen LogP contribution >= 0.6 is 0 Å². The summed E-state index contributed by atoms with van der Waals surface area (Å²) < 4.78 is 0. The summed E-state index contributed by atoms with van der Waals surface area (Å²) in [4.78, 5) is 0. The normalized spacial score (nSPS) is 0. The Balaban J connectivity index is 0. The summed E-state index contributed by atoms with van der Waals surface area (Å²) in [5.41, 5.74) is 0. The van der Waals surface area contributed by atoms with Crippen molar-refractivity contribution in [1.82, 2.24) is 0 Å². The SMILES string of the molecule is C.O.O.[Al]. The van der Waals surface area contributed by atoms with Gasteiger partial charge in [0.25, 0.3) is 0 Å². The highest BCUT2D eigenvalue weighted by Gasteiger charge is 0.0000179. The molecule has 0 amide bonds. The van der Waals surface area contributed by atoms with Crippen LogP contribution in [0.5, 0.6) is 0 Å². The zero-order chi connectivity index (χ0) is 0. The van der Waals surface area contributed by atoms with Crippen LogP contribution in [0.2, 0.25) is 0 Å². The van der Waals surface area contributed by atoms with Gasteiger partial charge in [0.1, 0.15) is 0 Å². The lowest BCUT2D eigenvalue weighted by molar-refractivity contribution is 0.823. The van der Waals surface area contributed by atoms with Gasteiger partial charge in [-0.3, -0.25) is 0 Å². The molecule has 0 aliphatic rings. The van der Waals surface area contributed by atoms with Gasteiger partial charge in [0.15, 0.2) is 0 Å². The van der Waals surface area contributed by atoms with Crippen molar-refractivity contribution in [2.24, 2.45) is 0 Å². The first kappa shape index (κ1) is 259. The Kier molecular flexibility index (Phi) is 6570. The predicted molar refractivity (Wildman–Crippen MR) is 19.7 cm³/mol. The molecular weight excluding hydrogens is 71.0 g/mol. The van der Waals surface area contributed by atoms with Crippen molar-refractivity contribution in [3.05, 3.63) is 0 Å². The van der Waals surface area contributed by atoms with Crippen molar-refractivity contribution in [1.29, 1.82) is 0 Å². The molecule has 0 rings (SSSR count). The monoisotopic (exact) mass is 79.0 g/mol. The molecule has 0 saturated heterocycles. The standard InChI is InChI=1S/CH4.Al.2H2O/h1H4;;2*1H2. The predicted octanol–water partition coefficient (Wildman–Crippen LogP) is -1.39. The Hall–Kier alpha value is 0.452. The first-order valence-corrected chi connectivity index (χ1v) is 0. The quantitative estimate of drug-likeness (QED) is 0.321. The fourth-order valence-electron chi connectivity index (χ4n) is 0. The fraction of sp³-hybridized carbons (Fsp3) is 1.00. The first-order valence-electron chi connectivity index (χ1n) is 0. The van der Waals surface area contributed by atoms with Gasteiger partial charge in [0.2, 0.25) is 0 Å². The van der Waals surface area contributed by atoms with Gasteiger partial charge in [-0.2, -0.15) is 0 Å². The third kappa shape index (κ3) is 25.3. The minimum Gasteiger partial charge on any atom is -0.412 e. The molecule has 3 radical (unpaired) electrons. The van der Waals surface area contributed by atoms with Gasteiger partial charge in [-0.15, -0.1) is 0 Å². The van der Waals surface area contributed by atoms with Crippen LogP contribution in [0.1, 0.15) is 7.43 Å². The smallest absolute Gasteiger partial charge is 0 e. The van der Waals surface area contributed by atoms with Crippen LogP contribution in [-0.2, 0) is 0 Å². The molecule has 0 unspecified atom stereocenters. The second-order valence-electron chi connectivity index (χ2n) is 0. The van der Waals surface area contributed by atoms with E-state index < -0.39 is 0 Å². The summed E-state index contributed by atoms with van der Waals surface area (Å²) in [6.07, 6.45) is 0. The van der Waals surface area contributed by atoms with Crippen LogP contribution in [0, 0.1) is 0 Å². The largest absolute Gasteiger partial charge is 0.412 e. The molecule has 0 atom stereocenters. The van der Waals surface area contributed by atoms with Crippen molar-refractivity contribution in [3.8, 4) is 0 Å². The maximum Gasteiger partial charge on any atom is 0 e. The molecule has 0 aromatic heterocycles. The summed E-state index contributed by atoms with van der Waals surface area (Å²) in [6, 6.07) is 0. The highest BCUT2D eigenvalue weighted by molar-refractivity contribution is 5.75. The minimum atomic E-state index is 0. The van der Waals surface area contributed by atoms with Crippen LogP contribution in [0.3, 0.4) is 0 Å². The molecule has 3 heteroatoms. The second kappa shape index (κ2) is 101. The lowest BCUT2D eigenvalue weighted by Crippen LogP contribution is -0.381. The van der Waals surface area contributed by atoms with Gasteiger partial charge in [-0.25, -0.2) is 0 Å². The van der Waals surface area contributed by atoms with E-state index in [2.05, 4.69) is 0 Å². The number of hydrogen-bond donors (Lipinski definition) is 0. The van der Waals surface area contributed by atoms with Crippen LogP contribution in [0.15, 0.2) is 0 Å². The molecule has 0 heterocycles. The van der Waals surface area contributed by atoms with Gasteiger partial charge in [-0.05, 0) is 0 Å². The van der Waals surface area contributed by atoms with Crippen molar-refractivity contribution in [2.75, 3.05) is 0 Å². The fourth-order valence-corrected chi connectivity index (χ4v) is 0. The third-order valence-corrected chi connectivity index (χ3v) is 0. The summed E-state index contributed by atoms with van der Waals surface area (Å²) in [5.74, 6) is 0. The zero-order valence-corrected chi connectivity index (χ0v) is 2.73. The van der Waals surface area contributed by atoms with E-state index in [1.807, 2.05) is 0 Å². The number of hydrogen-bond acceptors (Lipinski definition) is 0. The van der Waals surface area contributed by atoms with Crippen LogP contribution < -0.4 is 0 Å². The van der Waals surface area contributed by atoms with Gasteiger partial charge in [-0.1, -0.05) is 7.43 Å². The Morgan fingerprint density at radius 3 is 0.750 bits per heavy atom. The molecule has 0 aromatic carbocycles. The summed E-state index contributed by atoms with van der Waals surface area (Å²) in [7, 11) is 0. The van der Waals surface area contributed by atoms with E-state index in [1.165, 1.54) is 0 Å². The summed E-state index contributed by atoms with van der Waals surface area (Å²) in [5, 5.41) is 0. The molecule has 0 fully saturated rings. The van der Waals surface area contributed by atoms with Crippen molar-refractivity contribution >= 4 is 17.4 Å². The van der Waals surface area contributed by atoms with E-state index in [-0.39, 0.29) is 35.7 Å². The third-order valence-electron chi connectivity index (χ3n) is 0. The van der Waals surface area contributed by atoms with E-state index in [0.29, 0.717) is 0 Å². The van der Waals surface area contributed by atoms with Crippen LogP contribution in [0.25, 0.3) is 0 Å². The van der Waals surface area contributed by atoms with E-state index >= 15 is 0 Å². The van der Waals surface area contributed by atoms with Gasteiger partial charge in [0.05, 0.1) is 0 Å². The highest BCUT2D eigenvalue weighted by atomic mass is 27.0. The molecule has 2 nitrogen and oxygen atoms in total. The van der Waals surface area contributed by atoms with E-state index in [4.69, 9.17) is 0 Å². The first-order chi connectivity index (χ1) is 0. The van der Waals surface area contributed by atoms with Gasteiger partial charge < -0.3 is 11.0 Å². The summed E-state index contributed by atoms with van der Waals surface area (Å²) in [6.45, 7) is 0. The van der Waals surface area contributed by atoms with Gasteiger partial charge >= 0.3 is 0 Å².